The zero-order valence-electron chi connectivity index (χ0n) is 13.9. The van der Waals surface area contributed by atoms with Crippen LogP contribution in [0.1, 0.15) is 18.6 Å². The van der Waals surface area contributed by atoms with E-state index in [2.05, 4.69) is 22.6 Å². The van der Waals surface area contributed by atoms with Gasteiger partial charge in [-0.1, -0.05) is 12.1 Å². The first-order valence-electron chi connectivity index (χ1n) is 8.27. The molecular formula is C19H23N3O2. The number of hydrogen-bond acceptors (Lipinski definition) is 4. The molecule has 0 radical (unpaired) electrons. The van der Waals surface area contributed by atoms with Gasteiger partial charge in [0.1, 0.15) is 5.76 Å². The second-order valence-electron chi connectivity index (χ2n) is 6.11. The third-order valence-electron chi connectivity index (χ3n) is 4.21. The number of carbonyl (C=O) groups is 1. The fourth-order valence-electron chi connectivity index (χ4n) is 2.81. The smallest absolute Gasteiger partial charge is 0.248 e. The van der Waals surface area contributed by atoms with E-state index in [9.17, 15) is 4.79 Å². The average Bonchev–Trinajstić information content (AvgIpc) is 3.10. The summed E-state index contributed by atoms with van der Waals surface area (Å²) in [6.45, 7) is 2.19. The van der Waals surface area contributed by atoms with Crippen molar-refractivity contribution in [1.29, 1.82) is 0 Å². The van der Waals surface area contributed by atoms with Crippen molar-refractivity contribution in [3.8, 4) is 0 Å². The Labute approximate surface area is 142 Å². The molecule has 0 atom stereocenters. The summed E-state index contributed by atoms with van der Waals surface area (Å²) in [7, 11) is 2.15. The maximum absolute atomic E-state index is 12.1. The first kappa shape index (κ1) is 16.3. The summed E-state index contributed by atoms with van der Waals surface area (Å²) >= 11 is 0. The molecule has 1 aliphatic rings. The predicted molar refractivity (Wildman–Crippen MR) is 97.0 cm³/mol. The molecule has 2 aromatic rings. The van der Waals surface area contributed by atoms with Crippen molar-refractivity contribution in [2.75, 3.05) is 30.8 Å². The van der Waals surface area contributed by atoms with E-state index in [0.717, 1.165) is 37.3 Å². The standard InChI is InChI=1S/C19H23N3O2/c1-22-12-10-15(11-13-22)20-17-6-2-3-7-18(17)21-19(23)9-8-16-5-4-14-24-16/h2-9,14-15,20H,10-13H2,1H3,(H,21,23)/b9-8+. The van der Waals surface area contributed by atoms with Gasteiger partial charge < -0.3 is 20.0 Å². The number of piperidine rings is 1. The minimum atomic E-state index is -0.177. The molecule has 2 heterocycles. The van der Waals surface area contributed by atoms with E-state index in [1.54, 1.807) is 24.5 Å². The van der Waals surface area contributed by atoms with Gasteiger partial charge in [-0.25, -0.2) is 0 Å². The van der Waals surface area contributed by atoms with Crippen molar-refractivity contribution >= 4 is 23.4 Å². The molecule has 3 rings (SSSR count). The highest BCUT2D eigenvalue weighted by Gasteiger charge is 2.17. The van der Waals surface area contributed by atoms with Gasteiger partial charge in [-0.3, -0.25) is 4.79 Å². The molecule has 0 saturated carbocycles. The zero-order chi connectivity index (χ0) is 16.8. The number of para-hydroxylation sites is 2. The number of hydrogen-bond donors (Lipinski definition) is 2. The Kier molecular flexibility index (Phi) is 5.33. The van der Waals surface area contributed by atoms with Crippen LogP contribution in [0.4, 0.5) is 11.4 Å². The molecule has 1 fully saturated rings. The van der Waals surface area contributed by atoms with E-state index in [1.807, 2.05) is 24.3 Å². The summed E-state index contributed by atoms with van der Waals surface area (Å²) in [6, 6.07) is 11.9. The molecule has 126 valence electrons. The van der Waals surface area contributed by atoms with Crippen molar-refractivity contribution in [1.82, 2.24) is 4.90 Å². The molecule has 1 aromatic carbocycles. The molecule has 1 saturated heterocycles. The van der Waals surface area contributed by atoms with Gasteiger partial charge in [-0.05, 0) is 63.3 Å². The van der Waals surface area contributed by atoms with Gasteiger partial charge in [0.25, 0.3) is 0 Å². The molecule has 0 unspecified atom stereocenters. The molecule has 1 aliphatic heterocycles. The Hall–Kier alpha value is -2.53. The highest BCUT2D eigenvalue weighted by molar-refractivity contribution is 6.03. The van der Waals surface area contributed by atoms with Gasteiger partial charge in [-0.2, -0.15) is 0 Å². The first-order chi connectivity index (χ1) is 11.7. The Balaban J connectivity index is 1.62. The fourth-order valence-corrected chi connectivity index (χ4v) is 2.81. The third kappa shape index (κ3) is 4.49. The van der Waals surface area contributed by atoms with Gasteiger partial charge in [0.15, 0.2) is 0 Å². The lowest BCUT2D eigenvalue weighted by Crippen LogP contribution is -2.36. The van der Waals surface area contributed by atoms with Crippen LogP contribution in [0.15, 0.2) is 53.2 Å². The van der Waals surface area contributed by atoms with Crippen LogP contribution in [0.25, 0.3) is 6.08 Å². The number of rotatable bonds is 5. The molecular weight excluding hydrogens is 302 g/mol. The Morgan fingerprint density at radius 2 is 1.92 bits per heavy atom. The number of anilines is 2. The largest absolute Gasteiger partial charge is 0.465 e. The van der Waals surface area contributed by atoms with Gasteiger partial charge >= 0.3 is 0 Å². The zero-order valence-corrected chi connectivity index (χ0v) is 13.9. The topological polar surface area (TPSA) is 57.5 Å². The number of nitrogens with zero attached hydrogens (tertiary/aromatic N) is 1. The molecule has 2 N–H and O–H groups in total. The average molecular weight is 325 g/mol. The van der Waals surface area contributed by atoms with Crippen LogP contribution in [-0.2, 0) is 4.79 Å². The summed E-state index contributed by atoms with van der Waals surface area (Å²) in [5.74, 6) is 0.479. The SMILES string of the molecule is CN1CCC(Nc2ccccc2NC(=O)/C=C/c2ccco2)CC1. The minimum absolute atomic E-state index is 0.177. The highest BCUT2D eigenvalue weighted by atomic mass is 16.3. The van der Waals surface area contributed by atoms with E-state index in [1.165, 1.54) is 6.08 Å². The van der Waals surface area contributed by atoms with Crippen molar-refractivity contribution in [2.45, 2.75) is 18.9 Å². The lowest BCUT2D eigenvalue weighted by Gasteiger charge is -2.30. The summed E-state index contributed by atoms with van der Waals surface area (Å²) in [5.41, 5.74) is 1.76. The number of nitrogens with one attached hydrogen (secondary N) is 2. The Morgan fingerprint density at radius 3 is 2.62 bits per heavy atom. The first-order valence-corrected chi connectivity index (χ1v) is 8.27. The maximum atomic E-state index is 12.1. The van der Waals surface area contributed by atoms with Gasteiger partial charge in [0.05, 0.1) is 17.6 Å². The molecule has 1 amide bonds. The molecule has 5 heteroatoms. The van der Waals surface area contributed by atoms with E-state index in [0.29, 0.717) is 11.8 Å². The molecule has 0 aliphatic carbocycles. The van der Waals surface area contributed by atoms with Crippen molar-refractivity contribution in [3.05, 3.63) is 54.5 Å². The second kappa shape index (κ2) is 7.84. The molecule has 24 heavy (non-hydrogen) atoms. The fraction of sp³-hybridized carbons (Fsp3) is 0.316. The van der Waals surface area contributed by atoms with Crippen molar-refractivity contribution in [2.24, 2.45) is 0 Å². The number of furan rings is 1. The number of carbonyl (C=O) groups excluding carboxylic acids is 1. The molecule has 5 nitrogen and oxygen atoms in total. The van der Waals surface area contributed by atoms with E-state index >= 15 is 0 Å². The van der Waals surface area contributed by atoms with Gasteiger partial charge in [0, 0.05) is 12.1 Å². The van der Waals surface area contributed by atoms with Crippen molar-refractivity contribution < 1.29 is 9.21 Å². The molecule has 1 aromatic heterocycles. The number of likely N-dealkylation sites (tertiary alicyclic amines) is 1. The van der Waals surface area contributed by atoms with Crippen LogP contribution in [0, 0.1) is 0 Å². The van der Waals surface area contributed by atoms with Crippen LogP contribution < -0.4 is 10.6 Å². The van der Waals surface area contributed by atoms with Crippen LogP contribution in [-0.4, -0.2) is 37.0 Å². The van der Waals surface area contributed by atoms with E-state index in [-0.39, 0.29) is 5.91 Å². The summed E-state index contributed by atoms with van der Waals surface area (Å²) < 4.78 is 5.18. The minimum Gasteiger partial charge on any atom is -0.465 e. The van der Waals surface area contributed by atoms with E-state index < -0.39 is 0 Å². The van der Waals surface area contributed by atoms with Crippen LogP contribution in [0.3, 0.4) is 0 Å². The van der Waals surface area contributed by atoms with Crippen LogP contribution in [0.2, 0.25) is 0 Å². The third-order valence-corrected chi connectivity index (χ3v) is 4.21. The maximum Gasteiger partial charge on any atom is 0.248 e. The second-order valence-corrected chi connectivity index (χ2v) is 6.11. The molecule has 0 spiro atoms. The van der Waals surface area contributed by atoms with Crippen LogP contribution >= 0.6 is 0 Å². The quantitative estimate of drug-likeness (QED) is 0.827. The predicted octanol–water partition coefficient (Wildman–Crippen LogP) is 3.44. The normalized spacial score (nSPS) is 16.4. The van der Waals surface area contributed by atoms with Gasteiger partial charge in [0.2, 0.25) is 5.91 Å². The van der Waals surface area contributed by atoms with Gasteiger partial charge in [-0.15, -0.1) is 0 Å². The lowest BCUT2D eigenvalue weighted by molar-refractivity contribution is -0.111. The van der Waals surface area contributed by atoms with Crippen LogP contribution in [0.5, 0.6) is 0 Å². The monoisotopic (exact) mass is 325 g/mol. The number of amides is 1. The van der Waals surface area contributed by atoms with E-state index in [4.69, 9.17) is 4.42 Å². The number of benzene rings is 1. The summed E-state index contributed by atoms with van der Waals surface area (Å²) in [6.07, 6.45) is 6.93. The molecule has 0 bridgehead atoms. The summed E-state index contributed by atoms with van der Waals surface area (Å²) in [5, 5.41) is 6.49. The lowest BCUT2D eigenvalue weighted by atomic mass is 10.0. The van der Waals surface area contributed by atoms with Crippen molar-refractivity contribution in [3.63, 3.8) is 0 Å². The Bertz CT molecular complexity index is 686. The Morgan fingerprint density at radius 1 is 1.17 bits per heavy atom. The summed E-state index contributed by atoms with van der Waals surface area (Å²) in [4.78, 5) is 14.5. The highest BCUT2D eigenvalue weighted by Crippen LogP contribution is 2.24.